The van der Waals surface area contributed by atoms with E-state index in [4.69, 9.17) is 10.5 Å². The number of amides is 1. The second-order valence-corrected chi connectivity index (χ2v) is 3.88. The van der Waals surface area contributed by atoms with Crippen LogP contribution in [0.2, 0.25) is 0 Å². The van der Waals surface area contributed by atoms with Crippen LogP contribution >= 0.6 is 0 Å². The summed E-state index contributed by atoms with van der Waals surface area (Å²) in [5, 5.41) is 2.71. The summed E-state index contributed by atoms with van der Waals surface area (Å²) in [7, 11) is 1.55. The highest BCUT2D eigenvalue weighted by atomic mass is 16.5. The van der Waals surface area contributed by atoms with Crippen molar-refractivity contribution >= 4 is 11.6 Å². The number of nitrogens with two attached hydrogens (primary N) is 1. The van der Waals surface area contributed by atoms with Crippen molar-refractivity contribution in [3.63, 3.8) is 0 Å². The number of carbonyl (C=O) groups is 1. The van der Waals surface area contributed by atoms with Gasteiger partial charge in [0.15, 0.2) is 0 Å². The lowest BCUT2D eigenvalue weighted by Crippen LogP contribution is -2.45. The fraction of sp³-hybridized carbons (Fsp3) is 0.364. The number of hydrogen-bond donors (Lipinski definition) is 2. The van der Waals surface area contributed by atoms with Crippen LogP contribution in [0.4, 0.5) is 5.69 Å². The van der Waals surface area contributed by atoms with Gasteiger partial charge in [-0.25, -0.2) is 0 Å². The summed E-state index contributed by atoms with van der Waals surface area (Å²) in [6.45, 7) is 3.30. The fourth-order valence-corrected chi connectivity index (χ4v) is 1.03. The molecule has 0 bridgehead atoms. The molecule has 1 aromatic rings. The number of nitrogens with one attached hydrogen (secondary N) is 1. The summed E-state index contributed by atoms with van der Waals surface area (Å²) in [5.74, 6) is 0.377. The maximum atomic E-state index is 11.6. The van der Waals surface area contributed by atoms with E-state index in [2.05, 4.69) is 5.32 Å². The largest absolute Gasteiger partial charge is 0.495 e. The van der Waals surface area contributed by atoms with E-state index < -0.39 is 5.54 Å². The Kier molecular flexibility index (Phi) is 3.31. The lowest BCUT2D eigenvalue weighted by Gasteiger charge is -2.18. The molecule has 0 spiro atoms. The van der Waals surface area contributed by atoms with Gasteiger partial charge in [0.1, 0.15) is 5.75 Å². The molecule has 4 nitrogen and oxygen atoms in total. The van der Waals surface area contributed by atoms with Crippen LogP contribution in [-0.4, -0.2) is 18.6 Å². The number of rotatable bonds is 3. The van der Waals surface area contributed by atoms with E-state index in [1.54, 1.807) is 33.1 Å². The van der Waals surface area contributed by atoms with Crippen molar-refractivity contribution in [2.75, 3.05) is 12.4 Å². The Labute approximate surface area is 89.4 Å². The fourth-order valence-electron chi connectivity index (χ4n) is 1.03. The highest BCUT2D eigenvalue weighted by Crippen LogP contribution is 2.23. The molecule has 82 valence electrons. The Morgan fingerprint density at radius 1 is 1.40 bits per heavy atom. The van der Waals surface area contributed by atoms with E-state index in [9.17, 15) is 4.79 Å². The van der Waals surface area contributed by atoms with Crippen molar-refractivity contribution < 1.29 is 9.53 Å². The zero-order valence-electron chi connectivity index (χ0n) is 9.20. The molecule has 0 heterocycles. The van der Waals surface area contributed by atoms with E-state index in [0.29, 0.717) is 11.4 Å². The Bertz CT molecular complexity index is 356. The molecular weight excluding hydrogens is 192 g/mol. The van der Waals surface area contributed by atoms with E-state index in [0.717, 1.165) is 0 Å². The maximum Gasteiger partial charge on any atom is 0.243 e. The van der Waals surface area contributed by atoms with Crippen molar-refractivity contribution in [3.05, 3.63) is 24.3 Å². The molecule has 0 saturated carbocycles. The smallest absolute Gasteiger partial charge is 0.243 e. The molecule has 1 aromatic carbocycles. The summed E-state index contributed by atoms with van der Waals surface area (Å²) in [6, 6.07) is 7.20. The van der Waals surface area contributed by atoms with Gasteiger partial charge in [0, 0.05) is 0 Å². The van der Waals surface area contributed by atoms with Crippen molar-refractivity contribution in [3.8, 4) is 5.75 Å². The minimum Gasteiger partial charge on any atom is -0.495 e. The van der Waals surface area contributed by atoms with Crippen LogP contribution in [0.25, 0.3) is 0 Å². The van der Waals surface area contributed by atoms with Crippen molar-refractivity contribution in [1.82, 2.24) is 0 Å². The Morgan fingerprint density at radius 2 is 2.00 bits per heavy atom. The van der Waals surface area contributed by atoms with Crippen LogP contribution in [0, 0.1) is 0 Å². The molecule has 0 unspecified atom stereocenters. The van der Waals surface area contributed by atoms with E-state index in [-0.39, 0.29) is 5.91 Å². The van der Waals surface area contributed by atoms with Gasteiger partial charge >= 0.3 is 0 Å². The predicted octanol–water partition coefficient (Wildman–Crippen LogP) is 1.37. The molecule has 0 aliphatic carbocycles. The van der Waals surface area contributed by atoms with Crippen LogP contribution in [0.5, 0.6) is 5.75 Å². The third-order valence-electron chi connectivity index (χ3n) is 1.94. The summed E-state index contributed by atoms with van der Waals surface area (Å²) >= 11 is 0. The van der Waals surface area contributed by atoms with Gasteiger partial charge in [0.2, 0.25) is 5.91 Å². The molecule has 0 radical (unpaired) electrons. The number of para-hydroxylation sites is 2. The summed E-state index contributed by atoms with van der Waals surface area (Å²) < 4.78 is 5.10. The van der Waals surface area contributed by atoms with Gasteiger partial charge in [-0.05, 0) is 26.0 Å². The molecule has 0 aromatic heterocycles. The Morgan fingerprint density at radius 3 is 2.53 bits per heavy atom. The SMILES string of the molecule is COc1ccccc1NC(=O)C(C)(C)N. The van der Waals surface area contributed by atoms with Gasteiger partial charge in [-0.1, -0.05) is 12.1 Å². The first kappa shape index (κ1) is 11.5. The predicted molar refractivity (Wildman–Crippen MR) is 59.9 cm³/mol. The van der Waals surface area contributed by atoms with Gasteiger partial charge in [-0.2, -0.15) is 0 Å². The molecule has 3 N–H and O–H groups in total. The molecule has 1 amide bonds. The maximum absolute atomic E-state index is 11.6. The van der Waals surface area contributed by atoms with Crippen molar-refractivity contribution in [1.29, 1.82) is 0 Å². The number of anilines is 1. The Hall–Kier alpha value is -1.55. The third-order valence-corrected chi connectivity index (χ3v) is 1.94. The highest BCUT2D eigenvalue weighted by Gasteiger charge is 2.22. The van der Waals surface area contributed by atoms with Gasteiger partial charge in [0.05, 0.1) is 18.3 Å². The van der Waals surface area contributed by atoms with Crippen molar-refractivity contribution in [2.24, 2.45) is 5.73 Å². The lowest BCUT2D eigenvalue weighted by atomic mass is 10.1. The summed E-state index contributed by atoms with van der Waals surface area (Å²) in [6.07, 6.45) is 0. The first-order valence-corrected chi connectivity index (χ1v) is 4.68. The third kappa shape index (κ3) is 2.95. The molecule has 15 heavy (non-hydrogen) atoms. The minimum absolute atomic E-state index is 0.244. The molecule has 0 aliphatic rings. The standard InChI is InChI=1S/C11H16N2O2/c1-11(2,12)10(14)13-8-6-4-5-7-9(8)15-3/h4-7H,12H2,1-3H3,(H,13,14). The first-order chi connectivity index (χ1) is 6.95. The molecular formula is C11H16N2O2. The van der Waals surface area contributed by atoms with Gasteiger partial charge < -0.3 is 15.8 Å². The normalized spacial score (nSPS) is 10.9. The number of benzene rings is 1. The zero-order chi connectivity index (χ0) is 11.5. The van der Waals surface area contributed by atoms with Crippen LogP contribution in [0.1, 0.15) is 13.8 Å². The minimum atomic E-state index is -0.902. The van der Waals surface area contributed by atoms with Crippen LogP contribution in [-0.2, 0) is 4.79 Å². The van der Waals surface area contributed by atoms with Gasteiger partial charge in [0.25, 0.3) is 0 Å². The molecule has 0 fully saturated rings. The number of hydrogen-bond acceptors (Lipinski definition) is 3. The zero-order valence-corrected chi connectivity index (χ0v) is 9.20. The number of methoxy groups -OCH3 is 1. The van der Waals surface area contributed by atoms with E-state index >= 15 is 0 Å². The monoisotopic (exact) mass is 208 g/mol. The molecule has 0 saturated heterocycles. The quantitative estimate of drug-likeness (QED) is 0.788. The summed E-state index contributed by atoms with van der Waals surface area (Å²) in [5.41, 5.74) is 5.39. The highest BCUT2D eigenvalue weighted by molar-refractivity contribution is 5.98. The summed E-state index contributed by atoms with van der Waals surface area (Å²) in [4.78, 5) is 11.6. The topological polar surface area (TPSA) is 64.3 Å². The van der Waals surface area contributed by atoms with Crippen LogP contribution in [0.3, 0.4) is 0 Å². The molecule has 1 rings (SSSR count). The second kappa shape index (κ2) is 4.31. The number of ether oxygens (including phenoxy) is 1. The van der Waals surface area contributed by atoms with Crippen LogP contribution in [0.15, 0.2) is 24.3 Å². The van der Waals surface area contributed by atoms with Gasteiger partial charge in [-0.3, -0.25) is 4.79 Å². The molecule has 0 atom stereocenters. The van der Waals surface area contributed by atoms with E-state index in [1.165, 1.54) is 0 Å². The average molecular weight is 208 g/mol. The van der Waals surface area contributed by atoms with Crippen molar-refractivity contribution in [2.45, 2.75) is 19.4 Å². The molecule has 0 aliphatic heterocycles. The first-order valence-electron chi connectivity index (χ1n) is 4.68. The second-order valence-electron chi connectivity index (χ2n) is 3.88. The Balaban J connectivity index is 2.85. The number of carbonyl (C=O) groups excluding carboxylic acids is 1. The van der Waals surface area contributed by atoms with E-state index in [1.807, 2.05) is 12.1 Å². The lowest BCUT2D eigenvalue weighted by molar-refractivity contribution is -0.120. The van der Waals surface area contributed by atoms with Gasteiger partial charge in [-0.15, -0.1) is 0 Å². The van der Waals surface area contributed by atoms with Crippen LogP contribution < -0.4 is 15.8 Å². The average Bonchev–Trinajstić information content (AvgIpc) is 2.17. The molecule has 4 heteroatoms.